The van der Waals surface area contributed by atoms with Crippen LogP contribution in [0.3, 0.4) is 0 Å². The van der Waals surface area contributed by atoms with Gasteiger partial charge in [0, 0.05) is 6.92 Å². The molecule has 74 valence electrons. The molecule has 0 aliphatic rings. The minimum atomic E-state index is -0.656. The molecule has 14 heavy (non-hydrogen) atoms. The van der Waals surface area contributed by atoms with E-state index >= 15 is 0 Å². The maximum Gasteiger partial charge on any atom is 0.254 e. The van der Waals surface area contributed by atoms with Crippen molar-refractivity contribution in [2.24, 2.45) is 0 Å². The average Bonchev–Trinajstić information content (AvgIpc) is 2.07. The Morgan fingerprint density at radius 1 is 1.36 bits per heavy atom. The first-order chi connectivity index (χ1) is 6.52. The number of carbonyl (C=O) groups is 2. The smallest absolute Gasteiger partial charge is 0.254 e. The molecule has 0 aliphatic heterocycles. The average molecular weight is 232 g/mol. The van der Waals surface area contributed by atoms with Crippen molar-refractivity contribution >= 4 is 40.0 Å². The van der Waals surface area contributed by atoms with Crippen LogP contribution in [-0.2, 0) is 4.79 Å². The van der Waals surface area contributed by atoms with Gasteiger partial charge in [0.2, 0.25) is 5.91 Å². The lowest BCUT2D eigenvalue weighted by Gasteiger charge is -2.07. The molecule has 0 radical (unpaired) electrons. The lowest BCUT2D eigenvalue weighted by atomic mass is 10.2. The first kappa shape index (κ1) is 11.0. The van der Waals surface area contributed by atoms with Crippen LogP contribution in [-0.4, -0.2) is 11.1 Å². The fourth-order valence-electron chi connectivity index (χ4n) is 0.991. The molecule has 0 saturated heterocycles. The number of hydrogen-bond acceptors (Lipinski definition) is 2. The SMILES string of the molecule is CC(=O)Nc1c(Cl)cccc1C(=O)Cl. The summed E-state index contributed by atoms with van der Waals surface area (Å²) in [4.78, 5) is 21.8. The van der Waals surface area contributed by atoms with Gasteiger partial charge in [-0.2, -0.15) is 0 Å². The number of benzene rings is 1. The number of anilines is 1. The number of amides is 1. The second-order valence-corrected chi connectivity index (χ2v) is 3.37. The van der Waals surface area contributed by atoms with Gasteiger partial charge in [-0.05, 0) is 23.7 Å². The highest BCUT2D eigenvalue weighted by molar-refractivity contribution is 6.68. The van der Waals surface area contributed by atoms with Gasteiger partial charge in [-0.25, -0.2) is 0 Å². The molecule has 1 N–H and O–H groups in total. The standard InChI is InChI=1S/C9H7Cl2NO2/c1-5(13)12-8-6(9(11)14)3-2-4-7(8)10/h2-4H,1H3,(H,12,13). The summed E-state index contributed by atoms with van der Waals surface area (Å²) in [6, 6.07) is 4.64. The van der Waals surface area contributed by atoms with Crippen molar-refractivity contribution in [2.45, 2.75) is 6.92 Å². The molecule has 0 bridgehead atoms. The van der Waals surface area contributed by atoms with Crippen LogP contribution in [0.1, 0.15) is 17.3 Å². The predicted octanol–water partition coefficient (Wildman–Crippen LogP) is 2.68. The number of para-hydroxylation sites is 1. The minimum absolute atomic E-state index is 0.189. The summed E-state index contributed by atoms with van der Waals surface area (Å²) < 4.78 is 0. The Balaban J connectivity index is 3.22. The Bertz CT molecular complexity index is 390. The number of rotatable bonds is 2. The molecule has 0 unspecified atom stereocenters. The van der Waals surface area contributed by atoms with E-state index in [0.29, 0.717) is 0 Å². The molecule has 0 atom stereocenters. The normalized spacial score (nSPS) is 9.64. The van der Waals surface area contributed by atoms with Gasteiger partial charge in [0.1, 0.15) is 0 Å². The van der Waals surface area contributed by atoms with Gasteiger partial charge < -0.3 is 5.32 Å². The van der Waals surface area contributed by atoms with E-state index in [0.717, 1.165) is 0 Å². The third-order valence-electron chi connectivity index (χ3n) is 1.53. The third-order valence-corrected chi connectivity index (χ3v) is 2.04. The van der Waals surface area contributed by atoms with E-state index in [9.17, 15) is 9.59 Å². The second-order valence-electron chi connectivity index (χ2n) is 2.62. The molecule has 0 aliphatic carbocycles. The largest absolute Gasteiger partial charge is 0.324 e. The van der Waals surface area contributed by atoms with Crippen molar-refractivity contribution in [2.75, 3.05) is 5.32 Å². The Morgan fingerprint density at radius 3 is 2.50 bits per heavy atom. The number of halogens is 2. The zero-order valence-electron chi connectivity index (χ0n) is 7.30. The topological polar surface area (TPSA) is 46.2 Å². The zero-order valence-corrected chi connectivity index (χ0v) is 8.82. The van der Waals surface area contributed by atoms with Crippen molar-refractivity contribution < 1.29 is 9.59 Å². The Kier molecular flexibility index (Phi) is 3.49. The molecule has 0 saturated carbocycles. The lowest BCUT2D eigenvalue weighted by molar-refractivity contribution is -0.114. The predicted molar refractivity (Wildman–Crippen MR) is 55.9 cm³/mol. The summed E-state index contributed by atoms with van der Waals surface area (Å²) in [7, 11) is 0. The fourth-order valence-corrected chi connectivity index (χ4v) is 1.37. The van der Waals surface area contributed by atoms with Gasteiger partial charge in [0.05, 0.1) is 16.3 Å². The number of carbonyl (C=O) groups excluding carboxylic acids is 2. The molecule has 1 aromatic carbocycles. The molecule has 0 fully saturated rings. The summed E-state index contributed by atoms with van der Waals surface area (Å²) in [5.41, 5.74) is 0.441. The quantitative estimate of drug-likeness (QED) is 0.796. The van der Waals surface area contributed by atoms with E-state index < -0.39 is 5.24 Å². The van der Waals surface area contributed by atoms with Crippen molar-refractivity contribution in [3.63, 3.8) is 0 Å². The van der Waals surface area contributed by atoms with Crippen LogP contribution >= 0.6 is 23.2 Å². The monoisotopic (exact) mass is 231 g/mol. The molecular weight excluding hydrogens is 225 g/mol. The molecule has 0 heterocycles. The van der Waals surface area contributed by atoms with Crippen LogP contribution < -0.4 is 5.32 Å². The van der Waals surface area contributed by atoms with E-state index in [-0.39, 0.29) is 22.2 Å². The van der Waals surface area contributed by atoms with Gasteiger partial charge >= 0.3 is 0 Å². The summed E-state index contributed by atoms with van der Waals surface area (Å²) >= 11 is 11.1. The van der Waals surface area contributed by atoms with Gasteiger partial charge in [-0.3, -0.25) is 9.59 Å². The zero-order chi connectivity index (χ0) is 10.7. The molecule has 1 rings (SSSR count). The third kappa shape index (κ3) is 2.47. The van der Waals surface area contributed by atoms with Crippen LogP contribution in [0.4, 0.5) is 5.69 Å². The van der Waals surface area contributed by atoms with E-state index in [1.807, 2.05) is 0 Å². The summed E-state index contributed by atoms with van der Waals surface area (Å²) in [6.45, 7) is 1.33. The molecular formula is C9H7Cl2NO2. The van der Waals surface area contributed by atoms with E-state index in [1.54, 1.807) is 12.1 Å². The van der Waals surface area contributed by atoms with Crippen molar-refractivity contribution in [3.05, 3.63) is 28.8 Å². The summed E-state index contributed by atoms with van der Waals surface area (Å²) in [6.07, 6.45) is 0. The molecule has 5 heteroatoms. The second kappa shape index (κ2) is 4.44. The molecule has 3 nitrogen and oxygen atoms in total. The Labute approximate surface area is 91.0 Å². The van der Waals surface area contributed by atoms with Crippen LogP contribution in [0.2, 0.25) is 5.02 Å². The maximum absolute atomic E-state index is 11.0. The lowest BCUT2D eigenvalue weighted by Crippen LogP contribution is -2.09. The van der Waals surface area contributed by atoms with Crippen molar-refractivity contribution in [1.82, 2.24) is 0 Å². The van der Waals surface area contributed by atoms with Gasteiger partial charge in [0.25, 0.3) is 5.24 Å². The van der Waals surface area contributed by atoms with Crippen molar-refractivity contribution in [3.8, 4) is 0 Å². The van der Waals surface area contributed by atoms with Gasteiger partial charge in [0.15, 0.2) is 0 Å². The van der Waals surface area contributed by atoms with Gasteiger partial charge in [-0.1, -0.05) is 17.7 Å². The first-order valence-corrected chi connectivity index (χ1v) is 4.54. The summed E-state index contributed by atoms with van der Waals surface area (Å²) in [5.74, 6) is -0.308. The fraction of sp³-hybridized carbons (Fsp3) is 0.111. The van der Waals surface area contributed by atoms with E-state index in [2.05, 4.69) is 5.32 Å². The summed E-state index contributed by atoms with van der Waals surface area (Å²) in [5, 5.41) is 2.07. The number of hydrogen-bond donors (Lipinski definition) is 1. The van der Waals surface area contributed by atoms with Crippen LogP contribution in [0.5, 0.6) is 0 Å². The Hall–Kier alpha value is -1.06. The van der Waals surface area contributed by atoms with E-state index in [4.69, 9.17) is 23.2 Å². The van der Waals surface area contributed by atoms with Crippen LogP contribution in [0.15, 0.2) is 18.2 Å². The highest BCUT2D eigenvalue weighted by Crippen LogP contribution is 2.26. The highest BCUT2D eigenvalue weighted by Gasteiger charge is 2.12. The first-order valence-electron chi connectivity index (χ1n) is 3.78. The molecule has 0 spiro atoms. The minimum Gasteiger partial charge on any atom is -0.324 e. The maximum atomic E-state index is 11.0. The number of nitrogens with one attached hydrogen (secondary N) is 1. The van der Waals surface area contributed by atoms with Crippen molar-refractivity contribution in [1.29, 1.82) is 0 Å². The van der Waals surface area contributed by atoms with Crippen LogP contribution in [0.25, 0.3) is 0 Å². The van der Waals surface area contributed by atoms with E-state index in [1.165, 1.54) is 13.0 Å². The molecule has 1 aromatic rings. The molecule has 0 aromatic heterocycles. The van der Waals surface area contributed by atoms with Gasteiger partial charge in [-0.15, -0.1) is 0 Å². The molecule has 1 amide bonds. The van der Waals surface area contributed by atoms with Crippen LogP contribution in [0, 0.1) is 0 Å². The highest BCUT2D eigenvalue weighted by atomic mass is 35.5. The Morgan fingerprint density at radius 2 is 2.00 bits per heavy atom.